The number of likely N-dealkylation sites (N-methyl/N-ethyl adjacent to an activating group) is 1. The topological polar surface area (TPSA) is 128 Å². The molecule has 1 amide bonds. The minimum atomic E-state index is -1.13. The molecule has 31 heavy (non-hydrogen) atoms. The Kier molecular flexibility index (Phi) is 12.7. The van der Waals surface area contributed by atoms with Gasteiger partial charge in [-0.05, 0) is 17.9 Å². The molecule has 176 valence electrons. The van der Waals surface area contributed by atoms with Gasteiger partial charge in [0.05, 0.1) is 6.04 Å². The van der Waals surface area contributed by atoms with Crippen molar-refractivity contribution in [2.45, 2.75) is 50.9 Å². The van der Waals surface area contributed by atoms with Crippen LogP contribution < -0.4 is 16.4 Å². The van der Waals surface area contributed by atoms with Crippen molar-refractivity contribution in [3.8, 4) is 0 Å². The van der Waals surface area contributed by atoms with Gasteiger partial charge in [-0.15, -0.1) is 0 Å². The number of benzene rings is 1. The van der Waals surface area contributed by atoms with E-state index in [1.54, 1.807) is 0 Å². The number of aliphatic hydroxyl groups is 1. The molecule has 0 spiro atoms. The summed E-state index contributed by atoms with van der Waals surface area (Å²) in [5.41, 5.74) is 6.94. The van der Waals surface area contributed by atoms with Crippen LogP contribution in [0.3, 0.4) is 0 Å². The lowest BCUT2D eigenvalue weighted by molar-refractivity contribution is -0.150. The van der Waals surface area contributed by atoms with Crippen LogP contribution in [0.1, 0.15) is 25.8 Å². The maximum absolute atomic E-state index is 13.2. The van der Waals surface area contributed by atoms with Gasteiger partial charge in [-0.3, -0.25) is 4.79 Å². The summed E-state index contributed by atoms with van der Waals surface area (Å²) in [4.78, 5) is 26.0. The zero-order chi connectivity index (χ0) is 23.4. The Bertz CT molecular complexity index is 662. The van der Waals surface area contributed by atoms with Crippen LogP contribution in [0.25, 0.3) is 0 Å². The van der Waals surface area contributed by atoms with Crippen LogP contribution in [0.2, 0.25) is 0 Å². The summed E-state index contributed by atoms with van der Waals surface area (Å²) in [6.45, 7) is 5.01. The first-order valence-electron chi connectivity index (χ1n) is 10.7. The molecule has 4 atom stereocenters. The molecule has 0 radical (unpaired) electrons. The fraction of sp³-hybridized carbons (Fsp3) is 0.636. The number of nitrogens with zero attached hydrogens (tertiary/aromatic N) is 1. The van der Waals surface area contributed by atoms with Gasteiger partial charge in [0.2, 0.25) is 5.91 Å². The number of carboxylic acids is 1. The van der Waals surface area contributed by atoms with E-state index in [0.717, 1.165) is 5.56 Å². The number of amides is 1. The van der Waals surface area contributed by atoms with Crippen molar-refractivity contribution in [1.82, 2.24) is 15.5 Å². The number of carboxylic acid groups (broad SMARTS) is 1. The molecule has 0 aliphatic rings. The first kappa shape index (κ1) is 27.4. The summed E-state index contributed by atoms with van der Waals surface area (Å²) >= 11 is 4.22. The molecule has 0 bridgehead atoms. The fourth-order valence-electron chi connectivity index (χ4n) is 3.28. The van der Waals surface area contributed by atoms with Crippen molar-refractivity contribution >= 4 is 24.5 Å². The number of carbonyl (C=O) groups is 2. The molecule has 0 aromatic heterocycles. The standard InChI is InChI=1S/C22H38N4O4S/c1-15(2)19(24-12-17(23)14-31)13-25-18(11-16-7-5-4-6-8-16)21(28)26(3)20(9-10-27)22(29)30/h4-8,15,17-20,24-25,27,31H,9-14,23H2,1-3H3,(H,29,30)/t17-,18+,19-,20+/m1/s1. The number of nitrogens with two attached hydrogens (primary N) is 1. The molecule has 0 heterocycles. The highest BCUT2D eigenvalue weighted by Gasteiger charge is 2.31. The Hall–Kier alpha value is -1.65. The van der Waals surface area contributed by atoms with E-state index in [4.69, 9.17) is 5.73 Å². The molecule has 9 heteroatoms. The lowest BCUT2D eigenvalue weighted by Crippen LogP contribution is -2.55. The Labute approximate surface area is 191 Å². The molecule has 0 unspecified atom stereocenters. The van der Waals surface area contributed by atoms with Gasteiger partial charge in [0, 0.05) is 51.0 Å². The van der Waals surface area contributed by atoms with Gasteiger partial charge in [0.25, 0.3) is 0 Å². The van der Waals surface area contributed by atoms with E-state index in [-0.39, 0.29) is 31.0 Å². The highest BCUT2D eigenvalue weighted by atomic mass is 32.1. The van der Waals surface area contributed by atoms with Crippen LogP contribution >= 0.6 is 12.6 Å². The Morgan fingerprint density at radius 1 is 1.16 bits per heavy atom. The van der Waals surface area contributed by atoms with E-state index >= 15 is 0 Å². The largest absolute Gasteiger partial charge is 0.480 e. The molecule has 0 saturated heterocycles. The van der Waals surface area contributed by atoms with Crippen LogP contribution in [0.5, 0.6) is 0 Å². The first-order chi connectivity index (χ1) is 14.7. The summed E-state index contributed by atoms with van der Waals surface area (Å²) in [6, 6.07) is 7.93. The monoisotopic (exact) mass is 454 g/mol. The van der Waals surface area contributed by atoms with Crippen molar-refractivity contribution < 1.29 is 19.8 Å². The molecule has 0 aliphatic heterocycles. The molecule has 6 N–H and O–H groups in total. The Morgan fingerprint density at radius 2 is 1.81 bits per heavy atom. The SMILES string of the molecule is CC(C)[C@@H](CN[C@@H](Cc1ccccc1)C(=O)N(C)[C@@H](CCO)C(=O)O)NC[C@@H](N)CS. The van der Waals surface area contributed by atoms with Crippen LogP contribution in [0.15, 0.2) is 30.3 Å². The Morgan fingerprint density at radius 3 is 2.32 bits per heavy atom. The van der Waals surface area contributed by atoms with Crippen LogP contribution in [0, 0.1) is 5.92 Å². The lowest BCUT2D eigenvalue weighted by atomic mass is 10.0. The number of thiol groups is 1. The fourth-order valence-corrected chi connectivity index (χ4v) is 3.41. The molecular weight excluding hydrogens is 416 g/mol. The smallest absolute Gasteiger partial charge is 0.326 e. The minimum Gasteiger partial charge on any atom is -0.480 e. The number of rotatable bonds is 15. The number of carbonyl (C=O) groups excluding carboxylic acids is 1. The third kappa shape index (κ3) is 9.57. The highest BCUT2D eigenvalue weighted by Crippen LogP contribution is 2.11. The molecule has 0 aliphatic carbocycles. The average Bonchev–Trinajstić information content (AvgIpc) is 2.75. The van der Waals surface area contributed by atoms with E-state index in [0.29, 0.717) is 31.2 Å². The second-order valence-corrected chi connectivity index (χ2v) is 8.53. The van der Waals surface area contributed by atoms with Crippen LogP contribution in [-0.2, 0) is 16.0 Å². The normalized spacial score (nSPS) is 15.3. The van der Waals surface area contributed by atoms with Crippen molar-refractivity contribution in [1.29, 1.82) is 0 Å². The van der Waals surface area contributed by atoms with Crippen LogP contribution in [0.4, 0.5) is 0 Å². The third-order valence-corrected chi connectivity index (χ3v) is 5.82. The number of aliphatic hydroxyl groups excluding tert-OH is 1. The molecule has 1 rings (SSSR count). The van der Waals surface area contributed by atoms with E-state index < -0.39 is 18.1 Å². The summed E-state index contributed by atoms with van der Waals surface area (Å²) < 4.78 is 0. The maximum Gasteiger partial charge on any atom is 0.326 e. The Balaban J connectivity index is 2.96. The average molecular weight is 455 g/mol. The molecular formula is C22H38N4O4S. The minimum absolute atomic E-state index is 0.0204. The summed E-state index contributed by atoms with van der Waals surface area (Å²) in [6.07, 6.45) is 0.407. The maximum atomic E-state index is 13.2. The summed E-state index contributed by atoms with van der Waals surface area (Å²) in [7, 11) is 1.47. The third-order valence-electron chi connectivity index (χ3n) is 5.35. The molecule has 1 aromatic rings. The van der Waals surface area contributed by atoms with E-state index in [9.17, 15) is 19.8 Å². The van der Waals surface area contributed by atoms with Crippen molar-refractivity contribution in [3.63, 3.8) is 0 Å². The summed E-state index contributed by atoms with van der Waals surface area (Å²) in [5, 5.41) is 25.5. The summed E-state index contributed by atoms with van der Waals surface area (Å²) in [5.74, 6) is -0.580. The number of aliphatic carboxylic acids is 1. The lowest BCUT2D eigenvalue weighted by Gasteiger charge is -2.31. The van der Waals surface area contributed by atoms with Gasteiger partial charge < -0.3 is 31.5 Å². The van der Waals surface area contributed by atoms with Gasteiger partial charge in [0.15, 0.2) is 0 Å². The highest BCUT2D eigenvalue weighted by molar-refractivity contribution is 7.80. The van der Waals surface area contributed by atoms with Gasteiger partial charge in [-0.1, -0.05) is 44.2 Å². The number of hydrogen-bond acceptors (Lipinski definition) is 7. The van der Waals surface area contributed by atoms with Crippen molar-refractivity contribution in [2.75, 3.05) is 32.5 Å². The second-order valence-electron chi connectivity index (χ2n) is 8.17. The van der Waals surface area contributed by atoms with Crippen LogP contribution in [-0.4, -0.2) is 83.7 Å². The molecule has 0 fully saturated rings. The van der Waals surface area contributed by atoms with E-state index in [1.165, 1.54) is 11.9 Å². The predicted octanol–water partition coefficient (Wildman–Crippen LogP) is 0.353. The zero-order valence-corrected chi connectivity index (χ0v) is 19.6. The van der Waals surface area contributed by atoms with Crippen molar-refractivity contribution in [2.24, 2.45) is 11.7 Å². The second kappa shape index (κ2) is 14.4. The van der Waals surface area contributed by atoms with Crippen molar-refractivity contribution in [3.05, 3.63) is 35.9 Å². The molecule has 1 aromatic carbocycles. The zero-order valence-electron chi connectivity index (χ0n) is 18.7. The molecule has 8 nitrogen and oxygen atoms in total. The quantitative estimate of drug-likeness (QED) is 0.211. The number of hydrogen-bond donors (Lipinski definition) is 6. The predicted molar refractivity (Wildman–Crippen MR) is 126 cm³/mol. The van der Waals surface area contributed by atoms with Gasteiger partial charge in [-0.2, -0.15) is 12.6 Å². The molecule has 0 saturated carbocycles. The van der Waals surface area contributed by atoms with Gasteiger partial charge in [0.1, 0.15) is 6.04 Å². The van der Waals surface area contributed by atoms with Gasteiger partial charge in [-0.25, -0.2) is 4.79 Å². The number of nitrogens with one attached hydrogen (secondary N) is 2. The van der Waals surface area contributed by atoms with Gasteiger partial charge >= 0.3 is 5.97 Å². The van der Waals surface area contributed by atoms with E-state index in [2.05, 4.69) is 37.1 Å². The first-order valence-corrected chi connectivity index (χ1v) is 11.3. The van der Waals surface area contributed by atoms with E-state index in [1.807, 2.05) is 30.3 Å².